The number of Topliss-reactive ketones (excluding diaryl/α,β-unsaturated/α-hetero) is 1. The van der Waals surface area contributed by atoms with Gasteiger partial charge < -0.3 is 15.2 Å². The summed E-state index contributed by atoms with van der Waals surface area (Å²) in [7, 11) is 0. The van der Waals surface area contributed by atoms with E-state index in [0.29, 0.717) is 29.9 Å². The summed E-state index contributed by atoms with van der Waals surface area (Å²) in [6, 6.07) is 15.7. The molecule has 148 valence electrons. The number of carboxylic acid groups (broad SMARTS) is 1. The molecule has 1 atom stereocenters. The van der Waals surface area contributed by atoms with E-state index in [9.17, 15) is 19.5 Å². The molecule has 1 unspecified atom stereocenters. The van der Waals surface area contributed by atoms with Crippen LogP contribution < -0.4 is 10.1 Å². The monoisotopic (exact) mass is 383 g/mol. The lowest BCUT2D eigenvalue weighted by Crippen LogP contribution is -2.44. The standard InChI is InChI=1S/C22H25NO5/c1-16(24)17-8-6-11-19(14-17)28-13-7-12-20(25)23-15-22(2,21(26)27)18-9-4-3-5-10-18/h3-6,8-11,14H,7,12-13,15H2,1-2H3,(H,23,25)(H,26,27). The van der Waals surface area contributed by atoms with Gasteiger partial charge in [0.2, 0.25) is 5.91 Å². The van der Waals surface area contributed by atoms with Crippen molar-refractivity contribution < 1.29 is 24.2 Å². The number of carboxylic acids is 1. The van der Waals surface area contributed by atoms with E-state index in [1.54, 1.807) is 55.5 Å². The Kier molecular flexibility index (Phi) is 7.32. The number of aliphatic carboxylic acids is 1. The maximum Gasteiger partial charge on any atom is 0.315 e. The largest absolute Gasteiger partial charge is 0.494 e. The minimum absolute atomic E-state index is 0.00664. The second-order valence-corrected chi connectivity index (χ2v) is 6.82. The predicted molar refractivity (Wildman–Crippen MR) is 106 cm³/mol. The van der Waals surface area contributed by atoms with E-state index in [0.717, 1.165) is 0 Å². The number of ketones is 1. The molecule has 2 rings (SSSR count). The van der Waals surface area contributed by atoms with Crippen molar-refractivity contribution in [2.45, 2.75) is 32.1 Å². The van der Waals surface area contributed by atoms with Crippen molar-refractivity contribution in [3.05, 3.63) is 65.7 Å². The van der Waals surface area contributed by atoms with Gasteiger partial charge in [0.05, 0.1) is 6.61 Å². The van der Waals surface area contributed by atoms with Crippen LogP contribution in [0.15, 0.2) is 54.6 Å². The van der Waals surface area contributed by atoms with Crippen LogP contribution in [0.3, 0.4) is 0 Å². The number of amides is 1. The Morgan fingerprint density at radius 3 is 2.43 bits per heavy atom. The maximum absolute atomic E-state index is 12.1. The SMILES string of the molecule is CC(=O)c1cccc(OCCCC(=O)NCC(C)(C(=O)O)c2ccccc2)c1. The minimum atomic E-state index is -1.19. The number of hydrogen-bond acceptors (Lipinski definition) is 4. The highest BCUT2D eigenvalue weighted by Crippen LogP contribution is 2.23. The van der Waals surface area contributed by atoms with Crippen molar-refractivity contribution in [1.82, 2.24) is 5.32 Å². The van der Waals surface area contributed by atoms with Crippen molar-refractivity contribution in [2.75, 3.05) is 13.2 Å². The Balaban J connectivity index is 1.80. The van der Waals surface area contributed by atoms with Crippen molar-refractivity contribution in [1.29, 1.82) is 0 Å². The molecule has 0 bridgehead atoms. The third-order valence-corrected chi connectivity index (χ3v) is 4.58. The van der Waals surface area contributed by atoms with Crippen molar-refractivity contribution >= 4 is 17.7 Å². The number of rotatable bonds is 10. The van der Waals surface area contributed by atoms with Crippen molar-refractivity contribution in [3.63, 3.8) is 0 Å². The first-order valence-electron chi connectivity index (χ1n) is 9.12. The van der Waals surface area contributed by atoms with Crippen molar-refractivity contribution in [2.24, 2.45) is 0 Å². The fourth-order valence-corrected chi connectivity index (χ4v) is 2.70. The lowest BCUT2D eigenvalue weighted by Gasteiger charge is -2.25. The summed E-state index contributed by atoms with van der Waals surface area (Å²) in [5, 5.41) is 12.3. The molecule has 0 spiro atoms. The molecule has 2 N–H and O–H groups in total. The van der Waals surface area contributed by atoms with Crippen LogP contribution in [0.1, 0.15) is 42.6 Å². The van der Waals surface area contributed by atoms with E-state index in [-0.39, 0.29) is 24.7 Å². The zero-order valence-corrected chi connectivity index (χ0v) is 16.1. The molecule has 0 aliphatic heterocycles. The van der Waals surface area contributed by atoms with Crippen LogP contribution in [-0.2, 0) is 15.0 Å². The van der Waals surface area contributed by atoms with E-state index in [2.05, 4.69) is 5.32 Å². The van der Waals surface area contributed by atoms with Gasteiger partial charge >= 0.3 is 5.97 Å². The second kappa shape index (κ2) is 9.69. The first-order valence-corrected chi connectivity index (χ1v) is 9.12. The molecular formula is C22H25NO5. The highest BCUT2D eigenvalue weighted by Gasteiger charge is 2.35. The van der Waals surface area contributed by atoms with Crippen LogP contribution in [-0.4, -0.2) is 35.9 Å². The Morgan fingerprint density at radius 2 is 1.79 bits per heavy atom. The number of carbonyl (C=O) groups excluding carboxylic acids is 2. The molecule has 0 aromatic heterocycles. The highest BCUT2D eigenvalue weighted by atomic mass is 16.5. The summed E-state index contributed by atoms with van der Waals surface area (Å²) in [6.07, 6.45) is 0.697. The van der Waals surface area contributed by atoms with Crippen LogP contribution in [0, 0.1) is 0 Å². The average molecular weight is 383 g/mol. The smallest absolute Gasteiger partial charge is 0.315 e. The van der Waals surface area contributed by atoms with Crippen LogP contribution in [0.2, 0.25) is 0 Å². The molecule has 0 aliphatic rings. The molecule has 6 heteroatoms. The number of hydrogen-bond donors (Lipinski definition) is 2. The summed E-state index contributed by atoms with van der Waals surface area (Å²) in [6.45, 7) is 3.41. The van der Waals surface area contributed by atoms with Gasteiger partial charge in [-0.15, -0.1) is 0 Å². The van der Waals surface area contributed by atoms with Crippen LogP contribution >= 0.6 is 0 Å². The molecule has 6 nitrogen and oxygen atoms in total. The summed E-state index contributed by atoms with van der Waals surface area (Å²) >= 11 is 0. The van der Waals surface area contributed by atoms with Gasteiger partial charge in [0.15, 0.2) is 5.78 Å². The zero-order valence-electron chi connectivity index (χ0n) is 16.1. The maximum atomic E-state index is 12.1. The first kappa shape index (κ1) is 21.2. The molecule has 0 radical (unpaired) electrons. The van der Waals surface area contributed by atoms with E-state index >= 15 is 0 Å². The van der Waals surface area contributed by atoms with Crippen LogP contribution in [0.25, 0.3) is 0 Å². The normalized spacial score (nSPS) is 12.6. The summed E-state index contributed by atoms with van der Waals surface area (Å²) in [5.74, 6) is -0.683. The molecular weight excluding hydrogens is 358 g/mol. The van der Waals surface area contributed by atoms with Crippen LogP contribution in [0.5, 0.6) is 5.75 Å². The van der Waals surface area contributed by atoms with Gasteiger partial charge in [-0.25, -0.2) is 0 Å². The highest BCUT2D eigenvalue weighted by molar-refractivity contribution is 5.94. The topological polar surface area (TPSA) is 92.7 Å². The fourth-order valence-electron chi connectivity index (χ4n) is 2.70. The third-order valence-electron chi connectivity index (χ3n) is 4.58. The zero-order chi connectivity index (χ0) is 20.6. The molecule has 0 saturated carbocycles. The Morgan fingerprint density at radius 1 is 1.07 bits per heavy atom. The van der Waals surface area contributed by atoms with Gasteiger partial charge in [-0.1, -0.05) is 42.5 Å². The van der Waals surface area contributed by atoms with E-state index < -0.39 is 11.4 Å². The van der Waals surface area contributed by atoms with Gasteiger partial charge in [0, 0.05) is 18.5 Å². The fraction of sp³-hybridized carbons (Fsp3) is 0.318. The number of ether oxygens (including phenoxy) is 1. The molecule has 2 aromatic carbocycles. The van der Waals surface area contributed by atoms with E-state index in [1.165, 1.54) is 6.92 Å². The molecule has 0 fully saturated rings. The molecule has 0 heterocycles. The van der Waals surface area contributed by atoms with Gasteiger partial charge in [0.1, 0.15) is 11.2 Å². The van der Waals surface area contributed by atoms with Crippen LogP contribution in [0.4, 0.5) is 0 Å². The molecule has 2 aromatic rings. The number of benzene rings is 2. The Labute approximate surface area is 164 Å². The molecule has 0 saturated heterocycles. The van der Waals surface area contributed by atoms with Gasteiger partial charge in [-0.3, -0.25) is 14.4 Å². The van der Waals surface area contributed by atoms with Crippen molar-refractivity contribution in [3.8, 4) is 5.75 Å². The lowest BCUT2D eigenvalue weighted by molar-refractivity contribution is -0.143. The predicted octanol–water partition coefficient (Wildman–Crippen LogP) is 3.21. The van der Waals surface area contributed by atoms with Gasteiger partial charge in [-0.05, 0) is 38.0 Å². The molecule has 1 amide bonds. The van der Waals surface area contributed by atoms with Gasteiger partial charge in [-0.2, -0.15) is 0 Å². The average Bonchev–Trinajstić information content (AvgIpc) is 2.70. The van der Waals surface area contributed by atoms with Gasteiger partial charge in [0.25, 0.3) is 0 Å². The summed E-state index contributed by atoms with van der Waals surface area (Å²) in [4.78, 5) is 35.2. The number of carbonyl (C=O) groups is 3. The Bertz CT molecular complexity index is 834. The molecule has 28 heavy (non-hydrogen) atoms. The quantitative estimate of drug-likeness (QED) is 0.485. The summed E-state index contributed by atoms with van der Waals surface area (Å²) in [5.41, 5.74) is 0.0150. The van der Waals surface area contributed by atoms with E-state index in [4.69, 9.17) is 4.74 Å². The summed E-state index contributed by atoms with van der Waals surface area (Å²) < 4.78 is 5.57. The lowest BCUT2D eigenvalue weighted by atomic mass is 9.82. The second-order valence-electron chi connectivity index (χ2n) is 6.82. The first-order chi connectivity index (χ1) is 13.3. The molecule has 0 aliphatic carbocycles. The third kappa shape index (κ3) is 5.67. The number of nitrogens with one attached hydrogen (secondary N) is 1. The minimum Gasteiger partial charge on any atom is -0.494 e. The van der Waals surface area contributed by atoms with E-state index in [1.807, 2.05) is 6.07 Å². The Hall–Kier alpha value is -3.15.